The Kier molecular flexibility index (Phi) is 6.30. The summed E-state index contributed by atoms with van der Waals surface area (Å²) in [5.41, 5.74) is 2.94. The van der Waals surface area contributed by atoms with Crippen LogP contribution in [0.15, 0.2) is 0 Å². The van der Waals surface area contributed by atoms with E-state index in [2.05, 4.69) is 48.2 Å². The molecule has 0 heterocycles. The fourth-order valence-electron chi connectivity index (χ4n) is 2.78. The molecule has 0 aromatic rings. The van der Waals surface area contributed by atoms with E-state index in [0.29, 0.717) is 0 Å². The fourth-order valence-corrected chi connectivity index (χ4v) is 8.33. The zero-order chi connectivity index (χ0) is 11.4. The third-order valence-electron chi connectivity index (χ3n) is 5.02. The molecule has 3 unspecified atom stereocenters. The van der Waals surface area contributed by atoms with Crippen molar-refractivity contribution < 1.29 is 0 Å². The van der Waals surface area contributed by atoms with Gasteiger partial charge < -0.3 is 0 Å². The quantitative estimate of drug-likeness (QED) is 0.564. The molecule has 0 spiro atoms. The van der Waals surface area contributed by atoms with Crippen LogP contribution in [0.2, 0.25) is 0 Å². The predicted molar refractivity (Wildman–Crippen MR) is 73.5 cm³/mol. The van der Waals surface area contributed by atoms with E-state index in [4.69, 9.17) is 0 Å². The number of hydrogen-bond donors (Lipinski definition) is 0. The van der Waals surface area contributed by atoms with E-state index in [1.807, 2.05) is 0 Å². The van der Waals surface area contributed by atoms with Crippen LogP contribution in [0.25, 0.3) is 0 Å². The summed E-state index contributed by atoms with van der Waals surface area (Å²) < 4.78 is 0. The Labute approximate surface area is 92.2 Å². The summed E-state index contributed by atoms with van der Waals surface area (Å²) in [6, 6.07) is 0. The summed E-state index contributed by atoms with van der Waals surface area (Å²) in [4.78, 5) is 0. The van der Waals surface area contributed by atoms with Crippen LogP contribution in [0, 0.1) is 0 Å². The average molecular weight is 218 g/mol. The van der Waals surface area contributed by atoms with E-state index >= 15 is 0 Å². The summed E-state index contributed by atoms with van der Waals surface area (Å²) in [5, 5.41) is 0. The summed E-state index contributed by atoms with van der Waals surface area (Å²) in [7, 11) is -1.06. The molecule has 88 valence electrons. The zero-order valence-electron chi connectivity index (χ0n) is 11.4. The summed E-state index contributed by atoms with van der Waals surface area (Å²) in [6.07, 6.45) is 4.12. The minimum absolute atomic E-state index is 0.979. The number of hydrogen-bond acceptors (Lipinski definition) is 0. The Morgan fingerprint density at radius 3 is 1.07 bits per heavy atom. The molecule has 0 aliphatic heterocycles. The second-order valence-corrected chi connectivity index (χ2v) is 11.0. The van der Waals surface area contributed by atoms with Gasteiger partial charge in [0.25, 0.3) is 0 Å². The van der Waals surface area contributed by atoms with Gasteiger partial charge in [-0.15, -0.1) is 0 Å². The topological polar surface area (TPSA) is 0 Å². The van der Waals surface area contributed by atoms with Crippen molar-refractivity contribution in [3.63, 3.8) is 0 Å². The average Bonchev–Trinajstić information content (AvgIpc) is 2.24. The van der Waals surface area contributed by atoms with E-state index in [1.54, 1.807) is 0 Å². The molecule has 3 atom stereocenters. The molecular formula is C13H31P. The maximum atomic E-state index is 2.64. The van der Waals surface area contributed by atoms with Gasteiger partial charge in [0.2, 0.25) is 0 Å². The van der Waals surface area contributed by atoms with Crippen LogP contribution in [0.4, 0.5) is 0 Å². The molecule has 1 heteroatoms. The van der Waals surface area contributed by atoms with Gasteiger partial charge in [-0.05, 0) is 0 Å². The van der Waals surface area contributed by atoms with E-state index in [-0.39, 0.29) is 0 Å². The summed E-state index contributed by atoms with van der Waals surface area (Å²) >= 11 is 0. The first kappa shape index (κ1) is 14.4. The predicted octanol–water partition coefficient (Wildman–Crippen LogP) is 4.76. The van der Waals surface area contributed by atoms with Crippen LogP contribution in [-0.2, 0) is 0 Å². The molecule has 0 aromatic carbocycles. The Hall–Kier alpha value is 0.430. The molecular weight excluding hydrogens is 187 g/mol. The van der Waals surface area contributed by atoms with Crippen LogP contribution < -0.4 is 0 Å². The Bertz CT molecular complexity index is 127. The van der Waals surface area contributed by atoms with Crippen molar-refractivity contribution in [2.24, 2.45) is 0 Å². The normalized spacial score (nSPS) is 20.2. The zero-order valence-corrected chi connectivity index (χ0v) is 12.4. The number of rotatable bonds is 6. The van der Waals surface area contributed by atoms with Crippen LogP contribution in [0.1, 0.15) is 60.8 Å². The van der Waals surface area contributed by atoms with Crippen LogP contribution in [-0.4, -0.2) is 23.6 Å². The Morgan fingerprint density at radius 2 is 0.929 bits per heavy atom. The monoisotopic (exact) mass is 218 g/mol. The third-order valence-corrected chi connectivity index (χ3v) is 12.6. The first-order valence-corrected chi connectivity index (χ1v) is 9.18. The third kappa shape index (κ3) is 2.72. The van der Waals surface area contributed by atoms with Crippen molar-refractivity contribution in [3.8, 4) is 0 Å². The SMILES string of the molecule is CCC(C)[PH](C)(C(C)CC)C(C)CC. The van der Waals surface area contributed by atoms with Gasteiger partial charge in [0.1, 0.15) is 0 Å². The first-order chi connectivity index (χ1) is 6.44. The molecule has 14 heavy (non-hydrogen) atoms. The summed E-state index contributed by atoms with van der Waals surface area (Å²) in [5.74, 6) is 0. The van der Waals surface area contributed by atoms with Gasteiger partial charge in [-0.1, -0.05) is 0 Å². The molecule has 0 saturated carbocycles. The van der Waals surface area contributed by atoms with Crippen molar-refractivity contribution in [3.05, 3.63) is 0 Å². The van der Waals surface area contributed by atoms with E-state index in [0.717, 1.165) is 17.0 Å². The Morgan fingerprint density at radius 1 is 0.714 bits per heavy atom. The summed E-state index contributed by atoms with van der Waals surface area (Å²) in [6.45, 7) is 17.2. The Balaban J connectivity index is 4.83. The molecule has 0 aliphatic rings. The van der Waals surface area contributed by atoms with Gasteiger partial charge in [0.15, 0.2) is 0 Å². The fraction of sp³-hybridized carbons (Fsp3) is 1.00. The van der Waals surface area contributed by atoms with Gasteiger partial charge in [-0.2, -0.15) is 0 Å². The van der Waals surface area contributed by atoms with Gasteiger partial charge in [0.05, 0.1) is 0 Å². The molecule has 0 N–H and O–H groups in total. The van der Waals surface area contributed by atoms with Crippen LogP contribution >= 0.6 is 7.26 Å². The molecule has 0 aromatic heterocycles. The van der Waals surface area contributed by atoms with E-state index in [1.165, 1.54) is 19.3 Å². The first-order valence-electron chi connectivity index (χ1n) is 6.44. The standard InChI is InChI=1S/C13H31P/c1-8-11(4)14(7,12(5)9-2)13(6)10-3/h11-14H,8-10H2,1-7H3. The molecule has 0 fully saturated rings. The van der Waals surface area contributed by atoms with Crippen LogP contribution in [0.3, 0.4) is 0 Å². The maximum absolute atomic E-state index is 2.64. The van der Waals surface area contributed by atoms with Gasteiger partial charge >= 0.3 is 91.7 Å². The van der Waals surface area contributed by atoms with Crippen LogP contribution in [0.5, 0.6) is 0 Å². The van der Waals surface area contributed by atoms with Crippen molar-refractivity contribution in [2.45, 2.75) is 77.8 Å². The van der Waals surface area contributed by atoms with Gasteiger partial charge in [-0.25, -0.2) is 0 Å². The second kappa shape index (κ2) is 6.11. The molecule has 0 aliphatic carbocycles. The van der Waals surface area contributed by atoms with Crippen molar-refractivity contribution in [2.75, 3.05) is 6.66 Å². The molecule has 0 rings (SSSR count). The van der Waals surface area contributed by atoms with E-state index < -0.39 is 7.26 Å². The molecule has 0 saturated heterocycles. The second-order valence-electron chi connectivity index (χ2n) is 5.29. The van der Waals surface area contributed by atoms with Crippen molar-refractivity contribution in [1.29, 1.82) is 0 Å². The molecule has 0 radical (unpaired) electrons. The van der Waals surface area contributed by atoms with Crippen molar-refractivity contribution >= 4 is 7.26 Å². The molecule has 0 bridgehead atoms. The van der Waals surface area contributed by atoms with E-state index in [9.17, 15) is 0 Å². The molecule has 0 nitrogen and oxygen atoms in total. The van der Waals surface area contributed by atoms with Gasteiger partial charge in [0, 0.05) is 0 Å². The van der Waals surface area contributed by atoms with Crippen molar-refractivity contribution in [1.82, 2.24) is 0 Å². The van der Waals surface area contributed by atoms with Gasteiger partial charge in [-0.3, -0.25) is 0 Å². The molecule has 0 amide bonds. The minimum atomic E-state index is -1.06.